The summed E-state index contributed by atoms with van der Waals surface area (Å²) in [5.41, 5.74) is 5.23. The van der Waals surface area contributed by atoms with E-state index < -0.39 is 0 Å². The maximum Gasteiger partial charge on any atom is 0.161 e. The minimum atomic E-state index is -0.329. The molecule has 0 fully saturated rings. The van der Waals surface area contributed by atoms with E-state index in [0.29, 0.717) is 35.2 Å². The maximum absolute atomic E-state index is 13.0. The lowest BCUT2D eigenvalue weighted by atomic mass is 9.71. The van der Waals surface area contributed by atoms with Gasteiger partial charge >= 0.3 is 0 Å². The first-order chi connectivity index (χ1) is 15.5. The van der Waals surface area contributed by atoms with Crippen molar-refractivity contribution in [2.45, 2.75) is 51.0 Å². The van der Waals surface area contributed by atoms with Gasteiger partial charge in [0.15, 0.2) is 11.6 Å². The van der Waals surface area contributed by atoms with Crippen molar-refractivity contribution < 1.29 is 14.3 Å². The zero-order valence-corrected chi connectivity index (χ0v) is 19.1. The summed E-state index contributed by atoms with van der Waals surface area (Å²) < 4.78 is 6.02. The van der Waals surface area contributed by atoms with Crippen LogP contribution in [0.1, 0.15) is 55.6 Å². The Bertz CT molecular complexity index is 1140. The van der Waals surface area contributed by atoms with Crippen LogP contribution < -0.4 is 10.1 Å². The molecule has 0 atom stereocenters. The molecule has 1 N–H and O–H groups in total. The Hall–Kier alpha value is -2.56. The second kappa shape index (κ2) is 8.76. The Kier molecular flexibility index (Phi) is 5.83. The summed E-state index contributed by atoms with van der Waals surface area (Å²) in [6.07, 6.45) is 4.43. The summed E-state index contributed by atoms with van der Waals surface area (Å²) in [5.74, 6) is 0.605. The summed E-state index contributed by atoms with van der Waals surface area (Å²) in [4.78, 5) is 25.9. The van der Waals surface area contributed by atoms with Crippen LogP contribution in [-0.4, -0.2) is 11.6 Å². The van der Waals surface area contributed by atoms with Crippen molar-refractivity contribution >= 4 is 34.8 Å². The minimum Gasteiger partial charge on any atom is -0.489 e. The number of hydrogen-bond donors (Lipinski definition) is 1. The van der Waals surface area contributed by atoms with Crippen LogP contribution in [0.15, 0.2) is 65.0 Å². The lowest BCUT2D eigenvalue weighted by molar-refractivity contribution is -0.116. The van der Waals surface area contributed by atoms with Gasteiger partial charge in [-0.25, -0.2) is 0 Å². The van der Waals surface area contributed by atoms with Crippen LogP contribution in [0.3, 0.4) is 0 Å². The zero-order valence-electron chi connectivity index (χ0n) is 17.5. The van der Waals surface area contributed by atoms with Crippen LogP contribution in [0.5, 0.6) is 5.75 Å². The van der Waals surface area contributed by atoms with Crippen molar-refractivity contribution in [1.82, 2.24) is 5.32 Å². The molecule has 5 rings (SSSR count). The van der Waals surface area contributed by atoms with Crippen LogP contribution >= 0.6 is 23.2 Å². The van der Waals surface area contributed by atoms with Crippen LogP contribution in [0, 0.1) is 0 Å². The third-order valence-electron chi connectivity index (χ3n) is 6.39. The standard InChI is InChI=1S/C26H23Cl2NO3/c27-17-11-10-16(19(28)13-17)14-32-18-5-1-4-15(12-18)24-25-20(6-2-8-22(25)30)29-21-7-3-9-23(31)26(21)24/h1,4-5,10-13,24,29H,2-3,6-9,14H2. The minimum absolute atomic E-state index is 0.132. The van der Waals surface area contributed by atoms with Gasteiger partial charge in [0.2, 0.25) is 0 Å². The molecule has 0 saturated carbocycles. The predicted molar refractivity (Wildman–Crippen MR) is 125 cm³/mol. The molecule has 0 bridgehead atoms. The molecule has 32 heavy (non-hydrogen) atoms. The molecule has 1 heterocycles. The topological polar surface area (TPSA) is 55.4 Å². The van der Waals surface area contributed by atoms with E-state index in [1.165, 1.54) is 0 Å². The van der Waals surface area contributed by atoms with Crippen molar-refractivity contribution in [3.8, 4) is 5.75 Å². The molecular weight excluding hydrogens is 445 g/mol. The molecule has 0 unspecified atom stereocenters. The summed E-state index contributed by atoms with van der Waals surface area (Å²) in [6, 6.07) is 13.0. The molecule has 0 aromatic heterocycles. The van der Waals surface area contributed by atoms with E-state index in [2.05, 4.69) is 5.32 Å². The zero-order chi connectivity index (χ0) is 22.2. The van der Waals surface area contributed by atoms with Gasteiger partial charge in [0.05, 0.1) is 0 Å². The van der Waals surface area contributed by atoms with E-state index in [9.17, 15) is 9.59 Å². The molecule has 2 aromatic rings. The third-order valence-corrected chi connectivity index (χ3v) is 6.98. The number of hydrogen-bond acceptors (Lipinski definition) is 4. The largest absolute Gasteiger partial charge is 0.489 e. The second-order valence-electron chi connectivity index (χ2n) is 8.49. The third kappa shape index (κ3) is 3.98. The fourth-order valence-corrected chi connectivity index (χ4v) is 5.36. The number of ether oxygens (including phenoxy) is 1. The van der Waals surface area contributed by atoms with E-state index in [4.69, 9.17) is 27.9 Å². The number of dihydropyridines is 1. The smallest absolute Gasteiger partial charge is 0.161 e. The van der Waals surface area contributed by atoms with E-state index >= 15 is 0 Å². The Labute approximate surface area is 197 Å². The fraction of sp³-hybridized carbons (Fsp3) is 0.308. The lowest BCUT2D eigenvalue weighted by Crippen LogP contribution is -2.36. The van der Waals surface area contributed by atoms with E-state index in [-0.39, 0.29) is 17.5 Å². The van der Waals surface area contributed by atoms with Gasteiger partial charge in [-0.1, -0.05) is 41.4 Å². The van der Waals surface area contributed by atoms with Gasteiger partial charge in [-0.05, 0) is 55.5 Å². The number of carbonyl (C=O) groups is 2. The fourth-order valence-electron chi connectivity index (χ4n) is 4.90. The summed E-state index contributed by atoms with van der Waals surface area (Å²) in [6.45, 7) is 0.297. The van der Waals surface area contributed by atoms with Gasteiger partial charge in [-0.3, -0.25) is 9.59 Å². The molecule has 0 radical (unpaired) electrons. The van der Waals surface area contributed by atoms with Crippen molar-refractivity contribution in [3.63, 3.8) is 0 Å². The van der Waals surface area contributed by atoms with Crippen molar-refractivity contribution in [2.75, 3.05) is 0 Å². The quantitative estimate of drug-likeness (QED) is 0.575. The van der Waals surface area contributed by atoms with Crippen molar-refractivity contribution in [1.29, 1.82) is 0 Å². The highest BCUT2D eigenvalue weighted by Gasteiger charge is 2.40. The Balaban J connectivity index is 1.50. The van der Waals surface area contributed by atoms with Gasteiger partial charge in [0.1, 0.15) is 12.4 Å². The first kappa shape index (κ1) is 21.3. The van der Waals surface area contributed by atoms with Gasteiger partial charge < -0.3 is 10.1 Å². The van der Waals surface area contributed by atoms with Crippen molar-refractivity contribution in [3.05, 3.63) is 86.2 Å². The number of benzene rings is 2. The second-order valence-corrected chi connectivity index (χ2v) is 9.34. The first-order valence-electron chi connectivity index (χ1n) is 11.0. The highest BCUT2D eigenvalue weighted by Crippen LogP contribution is 2.45. The molecule has 2 aliphatic carbocycles. The maximum atomic E-state index is 13.0. The molecular formula is C26H23Cl2NO3. The van der Waals surface area contributed by atoms with E-state index in [0.717, 1.165) is 59.4 Å². The number of ketones is 2. The molecule has 3 aliphatic rings. The van der Waals surface area contributed by atoms with Crippen LogP contribution in [0.4, 0.5) is 0 Å². The first-order valence-corrected chi connectivity index (χ1v) is 11.7. The van der Waals surface area contributed by atoms with E-state index in [1.807, 2.05) is 30.3 Å². The van der Waals surface area contributed by atoms with Gasteiger partial charge in [-0.15, -0.1) is 0 Å². The molecule has 0 spiro atoms. The SMILES string of the molecule is O=C1CCCC2=C1C(c1cccc(OCc3ccc(Cl)cc3Cl)c1)C1=C(CCCC1=O)N2. The number of halogens is 2. The molecule has 6 heteroatoms. The molecule has 164 valence electrons. The molecule has 4 nitrogen and oxygen atoms in total. The Morgan fingerprint density at radius 3 is 2.22 bits per heavy atom. The van der Waals surface area contributed by atoms with Crippen LogP contribution in [0.25, 0.3) is 0 Å². The van der Waals surface area contributed by atoms with Gasteiger partial charge in [-0.2, -0.15) is 0 Å². The van der Waals surface area contributed by atoms with Gasteiger partial charge in [0, 0.05) is 56.9 Å². The number of rotatable bonds is 4. The predicted octanol–water partition coefficient (Wildman–Crippen LogP) is 6.27. The Morgan fingerprint density at radius 1 is 0.875 bits per heavy atom. The lowest BCUT2D eigenvalue weighted by Gasteiger charge is -2.37. The highest BCUT2D eigenvalue weighted by atomic mass is 35.5. The molecule has 0 saturated heterocycles. The molecule has 1 aliphatic heterocycles. The summed E-state index contributed by atoms with van der Waals surface area (Å²) in [7, 11) is 0. The molecule has 2 aromatic carbocycles. The number of carbonyl (C=O) groups excluding carboxylic acids is 2. The summed E-state index contributed by atoms with van der Waals surface area (Å²) >= 11 is 12.3. The van der Waals surface area contributed by atoms with Crippen LogP contribution in [-0.2, 0) is 16.2 Å². The molecule has 0 amide bonds. The monoisotopic (exact) mass is 467 g/mol. The average molecular weight is 468 g/mol. The number of allylic oxidation sites excluding steroid dienone is 4. The highest BCUT2D eigenvalue weighted by molar-refractivity contribution is 6.35. The van der Waals surface area contributed by atoms with Gasteiger partial charge in [0.25, 0.3) is 0 Å². The summed E-state index contributed by atoms with van der Waals surface area (Å²) in [5, 5.41) is 4.58. The normalized spacial score (nSPS) is 18.9. The van der Waals surface area contributed by atoms with E-state index in [1.54, 1.807) is 12.1 Å². The van der Waals surface area contributed by atoms with Crippen LogP contribution in [0.2, 0.25) is 10.0 Å². The Morgan fingerprint density at radius 2 is 1.56 bits per heavy atom. The average Bonchev–Trinajstić information content (AvgIpc) is 2.78. The number of nitrogens with one attached hydrogen (secondary N) is 1. The van der Waals surface area contributed by atoms with Crippen molar-refractivity contribution in [2.24, 2.45) is 0 Å². The number of Topliss-reactive ketones (excluding diaryl/α,β-unsaturated/α-hetero) is 2.